The predicted molar refractivity (Wildman–Crippen MR) is 68.8 cm³/mol. The summed E-state index contributed by atoms with van der Waals surface area (Å²) in [4.78, 5) is 2.26. The van der Waals surface area contributed by atoms with E-state index in [-0.39, 0.29) is 5.54 Å². The van der Waals surface area contributed by atoms with Crippen molar-refractivity contribution in [1.29, 1.82) is 0 Å². The molecule has 1 aliphatic rings. The van der Waals surface area contributed by atoms with Crippen LogP contribution in [-0.4, -0.2) is 30.1 Å². The van der Waals surface area contributed by atoms with E-state index in [0.717, 1.165) is 37.3 Å². The molecule has 1 aromatic rings. The molecule has 106 valence electrons. The lowest BCUT2D eigenvalue weighted by atomic mass is 10.0. The summed E-state index contributed by atoms with van der Waals surface area (Å²) in [6.07, 6.45) is -4.25. The topological polar surface area (TPSA) is 15.3 Å². The van der Waals surface area contributed by atoms with Crippen LogP contribution in [0.15, 0.2) is 24.3 Å². The predicted octanol–water partition coefficient (Wildman–Crippen LogP) is 2.89. The number of rotatable bonds is 2. The van der Waals surface area contributed by atoms with Gasteiger partial charge in [-0.25, -0.2) is 0 Å². The molecule has 1 heterocycles. The van der Waals surface area contributed by atoms with Gasteiger partial charge in [0.2, 0.25) is 0 Å². The van der Waals surface area contributed by atoms with Crippen LogP contribution in [0.25, 0.3) is 0 Å². The Morgan fingerprint density at radius 2 is 1.84 bits per heavy atom. The minimum Gasteiger partial charge on any atom is -0.309 e. The highest BCUT2D eigenvalue weighted by Gasteiger charge is 2.30. The smallest absolute Gasteiger partial charge is 0.309 e. The first-order valence-corrected chi connectivity index (χ1v) is 6.40. The monoisotopic (exact) mass is 272 g/mol. The number of benzene rings is 1. The molecule has 1 fully saturated rings. The SMILES string of the molecule is CC1(C)CN(Cc2ccc(C(F)(F)F)cc2)CCN1. The van der Waals surface area contributed by atoms with E-state index in [2.05, 4.69) is 24.1 Å². The van der Waals surface area contributed by atoms with Gasteiger partial charge in [0.1, 0.15) is 0 Å². The van der Waals surface area contributed by atoms with Crippen LogP contribution in [0.4, 0.5) is 13.2 Å². The molecule has 2 rings (SSSR count). The Labute approximate surface area is 111 Å². The van der Waals surface area contributed by atoms with Crippen LogP contribution in [0.3, 0.4) is 0 Å². The lowest BCUT2D eigenvalue weighted by molar-refractivity contribution is -0.137. The standard InChI is InChI=1S/C14H19F3N2/c1-13(2)10-19(8-7-18-13)9-11-3-5-12(6-4-11)14(15,16)17/h3-6,18H,7-10H2,1-2H3. The summed E-state index contributed by atoms with van der Waals surface area (Å²) in [6.45, 7) is 7.69. The second-order valence-electron chi connectivity index (χ2n) is 5.72. The van der Waals surface area contributed by atoms with Crippen molar-refractivity contribution < 1.29 is 13.2 Å². The Morgan fingerprint density at radius 1 is 1.21 bits per heavy atom. The van der Waals surface area contributed by atoms with Crippen LogP contribution in [-0.2, 0) is 12.7 Å². The van der Waals surface area contributed by atoms with Gasteiger partial charge in [-0.15, -0.1) is 0 Å². The van der Waals surface area contributed by atoms with E-state index in [9.17, 15) is 13.2 Å². The molecule has 1 aromatic carbocycles. The molecule has 5 heteroatoms. The quantitative estimate of drug-likeness (QED) is 0.890. The van der Waals surface area contributed by atoms with Crippen LogP contribution in [0.1, 0.15) is 25.0 Å². The van der Waals surface area contributed by atoms with E-state index in [1.54, 1.807) is 12.1 Å². The van der Waals surface area contributed by atoms with Crippen molar-refractivity contribution in [2.45, 2.75) is 32.1 Å². The van der Waals surface area contributed by atoms with Crippen molar-refractivity contribution in [3.8, 4) is 0 Å². The molecule has 0 saturated carbocycles. The van der Waals surface area contributed by atoms with Gasteiger partial charge in [-0.05, 0) is 31.5 Å². The Morgan fingerprint density at radius 3 is 2.37 bits per heavy atom. The Kier molecular flexibility index (Phi) is 3.87. The highest BCUT2D eigenvalue weighted by Crippen LogP contribution is 2.29. The van der Waals surface area contributed by atoms with Gasteiger partial charge >= 0.3 is 6.18 Å². The molecule has 0 atom stereocenters. The lowest BCUT2D eigenvalue weighted by Gasteiger charge is -2.39. The first kappa shape index (κ1) is 14.3. The Balaban J connectivity index is 2.00. The van der Waals surface area contributed by atoms with Gasteiger partial charge in [-0.1, -0.05) is 12.1 Å². The average Bonchev–Trinajstić information content (AvgIpc) is 2.27. The van der Waals surface area contributed by atoms with Gasteiger partial charge < -0.3 is 5.32 Å². The second kappa shape index (κ2) is 5.13. The first-order valence-electron chi connectivity index (χ1n) is 6.40. The number of nitrogens with zero attached hydrogens (tertiary/aromatic N) is 1. The van der Waals surface area contributed by atoms with E-state index < -0.39 is 11.7 Å². The summed E-state index contributed by atoms with van der Waals surface area (Å²) in [5.74, 6) is 0. The summed E-state index contributed by atoms with van der Waals surface area (Å²) in [5.41, 5.74) is 0.395. The molecule has 0 radical (unpaired) electrons. The molecule has 0 aliphatic carbocycles. The Bertz CT molecular complexity index is 423. The number of piperazine rings is 1. The fourth-order valence-corrected chi connectivity index (χ4v) is 2.44. The van der Waals surface area contributed by atoms with Gasteiger partial charge in [-0.3, -0.25) is 4.90 Å². The van der Waals surface area contributed by atoms with Gasteiger partial charge in [-0.2, -0.15) is 13.2 Å². The summed E-state index contributed by atoms with van der Waals surface area (Å²) in [6, 6.07) is 5.45. The molecule has 2 nitrogen and oxygen atoms in total. The largest absolute Gasteiger partial charge is 0.416 e. The third-order valence-electron chi connectivity index (χ3n) is 3.34. The second-order valence-corrected chi connectivity index (χ2v) is 5.72. The van der Waals surface area contributed by atoms with E-state index >= 15 is 0 Å². The van der Waals surface area contributed by atoms with Crippen molar-refractivity contribution in [2.24, 2.45) is 0 Å². The van der Waals surface area contributed by atoms with Gasteiger partial charge in [0.15, 0.2) is 0 Å². The average molecular weight is 272 g/mol. The van der Waals surface area contributed by atoms with Crippen LogP contribution in [0, 0.1) is 0 Å². The van der Waals surface area contributed by atoms with E-state index in [4.69, 9.17) is 0 Å². The molecule has 0 aromatic heterocycles. The molecule has 1 N–H and O–H groups in total. The maximum atomic E-state index is 12.5. The minimum absolute atomic E-state index is 0.0597. The number of nitrogens with one attached hydrogen (secondary N) is 1. The van der Waals surface area contributed by atoms with Crippen LogP contribution < -0.4 is 5.32 Å². The molecular weight excluding hydrogens is 253 g/mol. The van der Waals surface area contributed by atoms with Crippen LogP contribution in [0.5, 0.6) is 0 Å². The molecule has 1 aliphatic heterocycles. The maximum absolute atomic E-state index is 12.5. The van der Waals surface area contributed by atoms with Gasteiger partial charge in [0, 0.05) is 31.7 Å². The fraction of sp³-hybridized carbons (Fsp3) is 0.571. The summed E-state index contributed by atoms with van der Waals surface area (Å²) >= 11 is 0. The summed E-state index contributed by atoms with van der Waals surface area (Å²) in [5, 5.41) is 3.41. The van der Waals surface area contributed by atoms with Crippen LogP contribution >= 0.6 is 0 Å². The van der Waals surface area contributed by atoms with Crippen LogP contribution in [0.2, 0.25) is 0 Å². The molecule has 19 heavy (non-hydrogen) atoms. The maximum Gasteiger partial charge on any atom is 0.416 e. The zero-order valence-electron chi connectivity index (χ0n) is 11.2. The molecule has 0 bridgehead atoms. The van der Waals surface area contributed by atoms with Gasteiger partial charge in [0.05, 0.1) is 5.56 Å². The Hall–Kier alpha value is -1.07. The van der Waals surface area contributed by atoms with Crippen molar-refractivity contribution in [3.05, 3.63) is 35.4 Å². The highest BCUT2D eigenvalue weighted by atomic mass is 19.4. The lowest BCUT2D eigenvalue weighted by Crippen LogP contribution is -2.56. The van der Waals surface area contributed by atoms with Gasteiger partial charge in [0.25, 0.3) is 0 Å². The minimum atomic E-state index is -4.25. The van der Waals surface area contributed by atoms with Crippen molar-refractivity contribution >= 4 is 0 Å². The summed E-state index contributed by atoms with van der Waals surface area (Å²) < 4.78 is 37.4. The molecular formula is C14H19F3N2. The first-order chi connectivity index (χ1) is 8.76. The highest BCUT2D eigenvalue weighted by molar-refractivity contribution is 5.24. The van der Waals surface area contributed by atoms with Crippen molar-refractivity contribution in [3.63, 3.8) is 0 Å². The molecule has 1 saturated heterocycles. The number of hydrogen-bond donors (Lipinski definition) is 1. The molecule has 0 amide bonds. The van der Waals surface area contributed by atoms with Crippen molar-refractivity contribution in [1.82, 2.24) is 10.2 Å². The van der Waals surface area contributed by atoms with Crippen molar-refractivity contribution in [2.75, 3.05) is 19.6 Å². The normalized spacial score (nSPS) is 20.5. The third-order valence-corrected chi connectivity index (χ3v) is 3.34. The number of halogens is 3. The zero-order valence-corrected chi connectivity index (χ0v) is 11.2. The molecule has 0 spiro atoms. The third kappa shape index (κ3) is 3.94. The van der Waals surface area contributed by atoms with E-state index in [1.165, 1.54) is 0 Å². The van der Waals surface area contributed by atoms with E-state index in [0.29, 0.717) is 6.54 Å². The zero-order chi connectivity index (χ0) is 14.1. The fourth-order valence-electron chi connectivity index (χ4n) is 2.44. The summed E-state index contributed by atoms with van der Waals surface area (Å²) in [7, 11) is 0. The number of alkyl halides is 3. The number of hydrogen-bond acceptors (Lipinski definition) is 2. The van der Waals surface area contributed by atoms with E-state index in [1.807, 2.05) is 0 Å². The molecule has 0 unspecified atom stereocenters.